The van der Waals surface area contributed by atoms with E-state index in [1.54, 1.807) is 0 Å². The van der Waals surface area contributed by atoms with Gasteiger partial charge < -0.3 is 5.11 Å². The van der Waals surface area contributed by atoms with Crippen molar-refractivity contribution in [3.05, 3.63) is 30.0 Å². The molecule has 0 unspecified atom stereocenters. The van der Waals surface area contributed by atoms with Crippen molar-refractivity contribution < 1.29 is 9.90 Å². The first-order valence-electron chi connectivity index (χ1n) is 5.26. The van der Waals surface area contributed by atoms with Crippen LogP contribution in [0.4, 0.5) is 0 Å². The van der Waals surface area contributed by atoms with Crippen molar-refractivity contribution in [2.45, 2.75) is 24.7 Å². The van der Waals surface area contributed by atoms with Gasteiger partial charge >= 0.3 is 5.97 Å². The Kier molecular flexibility index (Phi) is 2.01. The highest BCUT2D eigenvalue weighted by Crippen LogP contribution is 2.51. The van der Waals surface area contributed by atoms with Crippen LogP contribution in [0.15, 0.2) is 24.4 Å². The summed E-state index contributed by atoms with van der Waals surface area (Å²) in [5.74, 6) is -0.707. The summed E-state index contributed by atoms with van der Waals surface area (Å²) in [6.45, 7) is 0. The number of carboxylic acid groups (broad SMARTS) is 1. The van der Waals surface area contributed by atoms with E-state index in [2.05, 4.69) is 10.4 Å². The molecule has 0 amide bonds. The first kappa shape index (κ1) is 9.78. The number of carboxylic acids is 1. The molecule has 82 valence electrons. The molecule has 0 saturated heterocycles. The first-order valence-corrected chi connectivity index (χ1v) is 6.04. The van der Waals surface area contributed by atoms with Gasteiger partial charge in [0, 0.05) is 17.0 Å². The molecule has 16 heavy (non-hydrogen) atoms. The average Bonchev–Trinajstić information content (AvgIpc) is 2.87. The highest BCUT2D eigenvalue weighted by Gasteiger charge is 2.45. The van der Waals surface area contributed by atoms with Gasteiger partial charge in [0.2, 0.25) is 0 Å². The van der Waals surface area contributed by atoms with E-state index in [9.17, 15) is 4.79 Å². The molecule has 1 heterocycles. The van der Waals surface area contributed by atoms with Crippen LogP contribution in [0.3, 0.4) is 0 Å². The molecule has 4 heteroatoms. The molecule has 0 radical (unpaired) electrons. The van der Waals surface area contributed by atoms with Gasteiger partial charge in [-0.3, -0.25) is 4.79 Å². The second-order valence-electron chi connectivity index (χ2n) is 4.43. The third-order valence-electron chi connectivity index (χ3n) is 3.31. The van der Waals surface area contributed by atoms with Crippen molar-refractivity contribution in [1.29, 1.82) is 0 Å². The van der Waals surface area contributed by atoms with Crippen LogP contribution in [0.5, 0.6) is 0 Å². The predicted octanol–water partition coefficient (Wildman–Crippen LogP) is 2.80. The van der Waals surface area contributed by atoms with Crippen LogP contribution < -0.4 is 0 Å². The van der Waals surface area contributed by atoms with E-state index in [1.165, 1.54) is 11.5 Å². The number of aromatic nitrogens is 1. The summed E-state index contributed by atoms with van der Waals surface area (Å²) in [6, 6.07) is 6.19. The van der Waals surface area contributed by atoms with Gasteiger partial charge in [0.05, 0.1) is 11.1 Å². The molecule has 0 bridgehead atoms. The number of hydrogen-bond donors (Lipinski definition) is 1. The maximum Gasteiger partial charge on any atom is 0.304 e. The van der Waals surface area contributed by atoms with Crippen LogP contribution >= 0.6 is 11.5 Å². The van der Waals surface area contributed by atoms with Crippen molar-refractivity contribution in [3.63, 3.8) is 0 Å². The summed E-state index contributed by atoms with van der Waals surface area (Å²) in [5.41, 5.74) is 1.07. The zero-order valence-corrected chi connectivity index (χ0v) is 9.46. The molecule has 1 aliphatic rings. The van der Waals surface area contributed by atoms with E-state index in [0.29, 0.717) is 0 Å². The van der Waals surface area contributed by atoms with Crippen molar-refractivity contribution in [3.8, 4) is 0 Å². The molecule has 0 aliphatic heterocycles. The van der Waals surface area contributed by atoms with E-state index in [1.807, 2.05) is 18.3 Å². The molecule has 0 atom stereocenters. The molecule has 3 nitrogen and oxygen atoms in total. The maximum absolute atomic E-state index is 10.8. The van der Waals surface area contributed by atoms with E-state index in [0.717, 1.165) is 28.5 Å². The van der Waals surface area contributed by atoms with E-state index < -0.39 is 5.97 Å². The van der Waals surface area contributed by atoms with Crippen LogP contribution in [-0.2, 0) is 10.2 Å². The highest BCUT2D eigenvalue weighted by molar-refractivity contribution is 7.13. The molecule has 1 N–H and O–H groups in total. The minimum absolute atomic E-state index is 0.0932. The van der Waals surface area contributed by atoms with Crippen molar-refractivity contribution >= 4 is 27.6 Å². The van der Waals surface area contributed by atoms with Crippen LogP contribution in [0, 0.1) is 0 Å². The predicted molar refractivity (Wildman–Crippen MR) is 62.8 cm³/mol. The van der Waals surface area contributed by atoms with Crippen LogP contribution in [0.1, 0.15) is 24.8 Å². The van der Waals surface area contributed by atoms with E-state index in [-0.39, 0.29) is 11.8 Å². The number of carbonyl (C=O) groups is 1. The summed E-state index contributed by atoms with van der Waals surface area (Å²) in [5, 5.41) is 10.1. The SMILES string of the molecule is O=C(O)CC1(c2ccc3cnsc3c2)CC1. The first-order chi connectivity index (χ1) is 7.70. The molecular formula is C12H11NO2S. The molecule has 0 spiro atoms. The molecule has 1 saturated carbocycles. The summed E-state index contributed by atoms with van der Waals surface area (Å²) in [4.78, 5) is 10.8. The number of benzene rings is 1. The number of fused-ring (bicyclic) bond motifs is 1. The lowest BCUT2D eigenvalue weighted by Crippen LogP contribution is -2.12. The minimum atomic E-state index is -0.707. The summed E-state index contributed by atoms with van der Waals surface area (Å²) in [6.07, 6.45) is 4.07. The van der Waals surface area contributed by atoms with E-state index >= 15 is 0 Å². The number of hydrogen-bond acceptors (Lipinski definition) is 3. The Bertz CT molecular complexity index is 557. The Morgan fingerprint density at radius 1 is 1.50 bits per heavy atom. The molecular weight excluding hydrogens is 222 g/mol. The second-order valence-corrected chi connectivity index (χ2v) is 5.26. The Morgan fingerprint density at radius 3 is 3.00 bits per heavy atom. The van der Waals surface area contributed by atoms with Crippen molar-refractivity contribution in [1.82, 2.24) is 4.37 Å². The highest BCUT2D eigenvalue weighted by atomic mass is 32.1. The fourth-order valence-corrected chi connectivity index (χ4v) is 2.88. The Labute approximate surface area is 96.9 Å². The van der Waals surface area contributed by atoms with Crippen LogP contribution in [0.25, 0.3) is 10.1 Å². The molecule has 1 aliphatic carbocycles. The lowest BCUT2D eigenvalue weighted by atomic mass is 9.92. The summed E-state index contributed by atoms with van der Waals surface area (Å²) < 4.78 is 5.28. The minimum Gasteiger partial charge on any atom is -0.481 e. The van der Waals surface area contributed by atoms with Gasteiger partial charge in [0.25, 0.3) is 0 Å². The van der Waals surface area contributed by atoms with Crippen molar-refractivity contribution in [2.75, 3.05) is 0 Å². The normalized spacial score (nSPS) is 17.5. The Balaban J connectivity index is 2.02. The zero-order valence-electron chi connectivity index (χ0n) is 8.64. The van der Waals surface area contributed by atoms with Gasteiger partial charge in [0.15, 0.2) is 0 Å². The standard InChI is InChI=1S/C12H11NO2S/c14-11(15)6-12(3-4-12)9-2-1-8-7-13-16-10(8)5-9/h1-2,5,7H,3-4,6H2,(H,14,15). The average molecular weight is 233 g/mol. The third-order valence-corrected chi connectivity index (χ3v) is 4.07. The van der Waals surface area contributed by atoms with Crippen LogP contribution in [-0.4, -0.2) is 15.4 Å². The maximum atomic E-state index is 10.8. The molecule has 1 aromatic carbocycles. The quantitative estimate of drug-likeness (QED) is 0.886. The van der Waals surface area contributed by atoms with Crippen molar-refractivity contribution in [2.24, 2.45) is 0 Å². The lowest BCUT2D eigenvalue weighted by molar-refractivity contribution is -0.137. The number of rotatable bonds is 3. The monoisotopic (exact) mass is 233 g/mol. The smallest absolute Gasteiger partial charge is 0.304 e. The van der Waals surface area contributed by atoms with Gasteiger partial charge in [0.1, 0.15) is 0 Å². The van der Waals surface area contributed by atoms with Gasteiger partial charge in [-0.2, -0.15) is 4.37 Å². The Hall–Kier alpha value is -1.42. The third kappa shape index (κ3) is 1.50. The van der Waals surface area contributed by atoms with Gasteiger partial charge in [-0.1, -0.05) is 12.1 Å². The van der Waals surface area contributed by atoms with Gasteiger partial charge in [-0.15, -0.1) is 0 Å². The molecule has 1 aromatic heterocycles. The summed E-state index contributed by atoms with van der Waals surface area (Å²) in [7, 11) is 0. The second kappa shape index (κ2) is 3.28. The fraction of sp³-hybridized carbons (Fsp3) is 0.333. The molecule has 2 aromatic rings. The van der Waals surface area contributed by atoms with Crippen LogP contribution in [0.2, 0.25) is 0 Å². The number of nitrogens with zero attached hydrogens (tertiary/aromatic N) is 1. The summed E-state index contributed by atoms with van der Waals surface area (Å²) >= 11 is 1.47. The Morgan fingerprint density at radius 2 is 2.31 bits per heavy atom. The molecule has 1 fully saturated rings. The lowest BCUT2D eigenvalue weighted by Gasteiger charge is -2.12. The van der Waals surface area contributed by atoms with Gasteiger partial charge in [-0.25, -0.2) is 0 Å². The fourth-order valence-electron chi connectivity index (χ4n) is 2.20. The van der Waals surface area contributed by atoms with Gasteiger partial charge in [-0.05, 0) is 36.0 Å². The van der Waals surface area contributed by atoms with E-state index in [4.69, 9.17) is 5.11 Å². The number of aliphatic carboxylic acids is 1. The largest absolute Gasteiger partial charge is 0.481 e. The molecule has 3 rings (SSSR count). The topological polar surface area (TPSA) is 50.2 Å². The zero-order chi connectivity index (χ0) is 11.2.